The van der Waals surface area contributed by atoms with Gasteiger partial charge in [-0.15, -0.1) is 0 Å². The summed E-state index contributed by atoms with van der Waals surface area (Å²) in [7, 11) is 0. The number of oxime groups is 1. The van der Waals surface area contributed by atoms with Crippen molar-refractivity contribution in [3.63, 3.8) is 0 Å². The summed E-state index contributed by atoms with van der Waals surface area (Å²) in [6, 6.07) is 0. The highest BCUT2D eigenvalue weighted by Crippen LogP contribution is 2.67. The van der Waals surface area contributed by atoms with E-state index >= 15 is 0 Å². The Morgan fingerprint density at radius 1 is 0.917 bits per heavy atom. The predicted octanol–water partition coefficient (Wildman–Crippen LogP) is 4.86. The van der Waals surface area contributed by atoms with Crippen LogP contribution in [-0.4, -0.2) is 22.1 Å². The van der Waals surface area contributed by atoms with E-state index in [1.807, 2.05) is 6.92 Å². The molecule has 2 N–H and O–H groups in total. The Morgan fingerprint density at radius 3 is 2.38 bits per heavy atom. The van der Waals surface area contributed by atoms with Gasteiger partial charge in [-0.3, -0.25) is 0 Å². The molecule has 136 valence electrons. The molecular weight excluding hydrogens is 298 g/mol. The van der Waals surface area contributed by atoms with E-state index in [1.54, 1.807) is 0 Å². The summed E-state index contributed by atoms with van der Waals surface area (Å²) in [5.41, 5.74) is 1.76. The average molecular weight is 334 g/mol. The van der Waals surface area contributed by atoms with E-state index in [0.717, 1.165) is 42.2 Å². The Morgan fingerprint density at radius 2 is 1.62 bits per heavy atom. The van der Waals surface area contributed by atoms with Crippen LogP contribution in [0.15, 0.2) is 5.16 Å². The first-order valence-corrected chi connectivity index (χ1v) is 10.3. The Balaban J connectivity index is 1.61. The minimum atomic E-state index is -0.0484. The van der Waals surface area contributed by atoms with Crippen molar-refractivity contribution in [2.24, 2.45) is 45.6 Å². The van der Waals surface area contributed by atoms with Gasteiger partial charge >= 0.3 is 0 Å². The molecule has 0 aromatic heterocycles. The number of rotatable bonds is 1. The summed E-state index contributed by atoms with van der Waals surface area (Å²) >= 11 is 0. The number of hydrogen-bond acceptors (Lipinski definition) is 3. The fourth-order valence-electron chi connectivity index (χ4n) is 7.99. The third-order valence-corrected chi connectivity index (χ3v) is 9.30. The third kappa shape index (κ3) is 2.22. The molecule has 0 aromatic carbocycles. The maximum atomic E-state index is 10.1. The lowest BCUT2D eigenvalue weighted by atomic mass is 9.44. The van der Waals surface area contributed by atoms with Crippen molar-refractivity contribution < 1.29 is 10.3 Å². The van der Waals surface area contributed by atoms with Gasteiger partial charge in [0.05, 0.1) is 11.8 Å². The molecule has 4 fully saturated rings. The fraction of sp³-hybridized carbons (Fsp3) is 0.952. The fourth-order valence-corrected chi connectivity index (χ4v) is 7.99. The highest BCUT2D eigenvalue weighted by molar-refractivity contribution is 5.84. The lowest BCUT2D eigenvalue weighted by Crippen LogP contribution is -2.54. The normalized spacial score (nSPS) is 54.8. The Kier molecular flexibility index (Phi) is 4.02. The molecule has 0 heterocycles. The van der Waals surface area contributed by atoms with Gasteiger partial charge in [-0.25, -0.2) is 0 Å². The van der Waals surface area contributed by atoms with Crippen LogP contribution in [0.5, 0.6) is 0 Å². The van der Waals surface area contributed by atoms with Crippen LogP contribution >= 0.6 is 0 Å². The zero-order chi connectivity index (χ0) is 17.1. The first-order valence-electron chi connectivity index (χ1n) is 10.3. The maximum absolute atomic E-state index is 10.1. The minimum absolute atomic E-state index is 0.0484. The van der Waals surface area contributed by atoms with E-state index < -0.39 is 0 Å². The van der Waals surface area contributed by atoms with E-state index in [2.05, 4.69) is 19.0 Å². The second-order valence-corrected chi connectivity index (χ2v) is 10.0. The lowest BCUT2D eigenvalue weighted by molar-refractivity contribution is -0.123. The van der Waals surface area contributed by atoms with E-state index in [1.165, 1.54) is 44.9 Å². The number of aliphatic hydroxyl groups excluding tert-OH is 1. The average Bonchev–Trinajstić information content (AvgIpc) is 2.92. The van der Waals surface area contributed by atoms with E-state index in [9.17, 15) is 10.3 Å². The minimum Gasteiger partial charge on any atom is -0.411 e. The van der Waals surface area contributed by atoms with Crippen LogP contribution in [0.4, 0.5) is 0 Å². The second kappa shape index (κ2) is 5.72. The highest BCUT2D eigenvalue weighted by Gasteiger charge is 2.60. The first-order chi connectivity index (χ1) is 11.4. The molecule has 0 bridgehead atoms. The molecular formula is C21H35NO2. The van der Waals surface area contributed by atoms with Gasteiger partial charge < -0.3 is 10.3 Å². The molecule has 4 aliphatic carbocycles. The third-order valence-electron chi connectivity index (χ3n) is 9.30. The van der Waals surface area contributed by atoms with Gasteiger partial charge in [0.25, 0.3) is 0 Å². The summed E-state index contributed by atoms with van der Waals surface area (Å²) in [5.74, 6) is 3.74. The van der Waals surface area contributed by atoms with Crippen molar-refractivity contribution in [1.29, 1.82) is 0 Å². The van der Waals surface area contributed by atoms with E-state index in [0.29, 0.717) is 16.7 Å². The van der Waals surface area contributed by atoms with E-state index in [-0.39, 0.29) is 6.10 Å². The zero-order valence-electron chi connectivity index (χ0n) is 15.7. The zero-order valence-corrected chi connectivity index (χ0v) is 15.7. The van der Waals surface area contributed by atoms with Crippen molar-refractivity contribution in [1.82, 2.24) is 0 Å². The standard InChI is InChI=1S/C21H35NO2/c1-13(22-24)17-6-7-18-16-5-4-14-12-15(23)8-10-20(14,2)19(16)9-11-21(17,18)3/h14-19,23-24H,4-12H2,1-3H3/t14-,15+,16-,17-,18+,19+,20-,21-/m0/s1. The first kappa shape index (κ1) is 16.9. The number of fused-ring (bicyclic) bond motifs is 5. The molecule has 4 saturated carbocycles. The van der Waals surface area contributed by atoms with Crippen molar-refractivity contribution in [3.05, 3.63) is 0 Å². The SMILES string of the molecule is CC(=NO)[C@@H]1CC[C@@H]2[C@@H]3CC[C@H]4C[C@H](O)CC[C@]4(C)[C@@H]3CC[C@]21C. The van der Waals surface area contributed by atoms with Gasteiger partial charge in [0.15, 0.2) is 0 Å². The van der Waals surface area contributed by atoms with Crippen molar-refractivity contribution in [3.8, 4) is 0 Å². The molecule has 4 aliphatic rings. The second-order valence-electron chi connectivity index (χ2n) is 10.0. The van der Waals surface area contributed by atoms with Crippen LogP contribution < -0.4 is 0 Å². The molecule has 0 aliphatic heterocycles. The summed E-state index contributed by atoms with van der Waals surface area (Å²) in [6.07, 6.45) is 11.1. The molecule has 3 heteroatoms. The summed E-state index contributed by atoms with van der Waals surface area (Å²) in [4.78, 5) is 0. The van der Waals surface area contributed by atoms with Gasteiger partial charge in [-0.1, -0.05) is 19.0 Å². The Hall–Kier alpha value is -0.570. The Bertz CT molecular complexity index is 532. The lowest BCUT2D eigenvalue weighted by Gasteiger charge is -2.61. The molecule has 24 heavy (non-hydrogen) atoms. The number of nitrogens with zero attached hydrogens (tertiary/aromatic N) is 1. The van der Waals surface area contributed by atoms with Crippen molar-refractivity contribution in [2.45, 2.75) is 84.7 Å². The van der Waals surface area contributed by atoms with Crippen LogP contribution in [0.3, 0.4) is 0 Å². The summed E-state index contributed by atoms with van der Waals surface area (Å²) in [5, 5.41) is 23.0. The molecule has 0 amide bonds. The van der Waals surface area contributed by atoms with Gasteiger partial charge in [0, 0.05) is 5.92 Å². The molecule has 0 saturated heterocycles. The van der Waals surface area contributed by atoms with Crippen LogP contribution in [0.1, 0.15) is 78.6 Å². The molecule has 0 radical (unpaired) electrons. The molecule has 0 spiro atoms. The van der Waals surface area contributed by atoms with Crippen LogP contribution in [-0.2, 0) is 0 Å². The van der Waals surface area contributed by atoms with Gasteiger partial charge in [0.2, 0.25) is 0 Å². The van der Waals surface area contributed by atoms with Crippen LogP contribution in [0.2, 0.25) is 0 Å². The van der Waals surface area contributed by atoms with E-state index in [4.69, 9.17) is 0 Å². The Labute approximate surface area is 146 Å². The van der Waals surface area contributed by atoms with Crippen LogP contribution in [0.25, 0.3) is 0 Å². The predicted molar refractivity (Wildman–Crippen MR) is 96.1 cm³/mol. The quantitative estimate of drug-likeness (QED) is 0.409. The molecule has 3 nitrogen and oxygen atoms in total. The summed E-state index contributed by atoms with van der Waals surface area (Å²) < 4.78 is 0. The molecule has 8 atom stereocenters. The topological polar surface area (TPSA) is 52.8 Å². The summed E-state index contributed by atoms with van der Waals surface area (Å²) in [6.45, 7) is 7.06. The van der Waals surface area contributed by atoms with Gasteiger partial charge in [-0.05, 0) is 99.2 Å². The smallest absolute Gasteiger partial charge is 0.0576 e. The maximum Gasteiger partial charge on any atom is 0.0576 e. The highest BCUT2D eigenvalue weighted by atomic mass is 16.4. The van der Waals surface area contributed by atoms with Crippen molar-refractivity contribution >= 4 is 5.71 Å². The molecule has 0 aromatic rings. The van der Waals surface area contributed by atoms with Gasteiger partial charge in [-0.2, -0.15) is 0 Å². The molecule has 4 rings (SSSR count). The molecule has 0 unspecified atom stereocenters. The number of aliphatic hydroxyl groups is 1. The number of hydrogen-bond donors (Lipinski definition) is 2. The van der Waals surface area contributed by atoms with Gasteiger partial charge in [0.1, 0.15) is 0 Å². The van der Waals surface area contributed by atoms with Crippen LogP contribution in [0, 0.1) is 40.4 Å². The monoisotopic (exact) mass is 333 g/mol. The van der Waals surface area contributed by atoms with Crippen molar-refractivity contribution in [2.75, 3.05) is 0 Å². The largest absolute Gasteiger partial charge is 0.411 e.